The predicted octanol–water partition coefficient (Wildman–Crippen LogP) is 1.03. The number of hydrogen-bond donors (Lipinski definition) is 2. The van der Waals surface area contributed by atoms with E-state index in [0.29, 0.717) is 23.0 Å². The summed E-state index contributed by atoms with van der Waals surface area (Å²) in [4.78, 5) is 42.9. The number of rotatable bonds is 4. The van der Waals surface area contributed by atoms with Crippen molar-refractivity contribution >= 4 is 16.8 Å². The van der Waals surface area contributed by atoms with E-state index in [4.69, 9.17) is 0 Å². The van der Waals surface area contributed by atoms with E-state index in [2.05, 4.69) is 15.3 Å². The Labute approximate surface area is 137 Å². The van der Waals surface area contributed by atoms with Gasteiger partial charge in [-0.15, -0.1) is 0 Å². The normalized spacial score (nSPS) is 10.7. The number of nitrogens with one attached hydrogen (secondary N) is 2. The van der Waals surface area contributed by atoms with E-state index >= 15 is 0 Å². The number of fused-ring (bicyclic) bond motifs is 1. The molecule has 0 saturated carbocycles. The van der Waals surface area contributed by atoms with Gasteiger partial charge in [-0.3, -0.25) is 19.1 Å². The number of hydrogen-bond acceptors (Lipinski definition) is 4. The topological polar surface area (TPSA) is 96.8 Å². The molecule has 0 spiro atoms. The molecule has 0 atom stereocenters. The van der Waals surface area contributed by atoms with Crippen LogP contribution in [0.3, 0.4) is 0 Å². The Morgan fingerprint density at radius 2 is 1.96 bits per heavy atom. The smallest absolute Gasteiger partial charge is 0.328 e. The molecule has 24 heavy (non-hydrogen) atoms. The van der Waals surface area contributed by atoms with Crippen molar-refractivity contribution in [3.63, 3.8) is 0 Å². The molecule has 122 valence electrons. The lowest BCUT2D eigenvalue weighted by atomic mass is 10.1. The molecular formula is C17H16N4O3. The number of carbonyl (C=O) groups excluding carboxylic acids is 1. The van der Waals surface area contributed by atoms with Crippen LogP contribution in [0.1, 0.15) is 22.8 Å². The fraction of sp³-hybridized carbons (Fsp3) is 0.176. The molecule has 1 aromatic carbocycles. The van der Waals surface area contributed by atoms with Crippen LogP contribution >= 0.6 is 0 Å². The summed E-state index contributed by atoms with van der Waals surface area (Å²) in [5.74, 6) is -0.283. The van der Waals surface area contributed by atoms with Gasteiger partial charge in [0.1, 0.15) is 0 Å². The SMILES string of the molecule is CCn1c(=O)[nH]c2cc(C(=O)NCc3ccncc3)ccc2c1=O. The molecule has 0 saturated heterocycles. The van der Waals surface area contributed by atoms with Gasteiger partial charge in [-0.1, -0.05) is 0 Å². The quantitative estimate of drug-likeness (QED) is 0.749. The van der Waals surface area contributed by atoms with Crippen molar-refractivity contribution < 1.29 is 4.79 Å². The van der Waals surface area contributed by atoms with Crippen LogP contribution in [0.15, 0.2) is 52.3 Å². The standard InChI is InChI=1S/C17H16N4O3/c1-2-21-16(23)13-4-3-12(9-14(13)20-17(21)24)15(22)19-10-11-5-7-18-8-6-11/h3-9H,2,10H2,1H3,(H,19,22)(H,20,24). The number of H-pyrrole nitrogens is 1. The molecule has 2 aromatic heterocycles. The van der Waals surface area contributed by atoms with E-state index in [-0.39, 0.29) is 18.0 Å². The van der Waals surface area contributed by atoms with E-state index in [0.717, 1.165) is 10.1 Å². The van der Waals surface area contributed by atoms with Gasteiger partial charge in [0, 0.05) is 31.0 Å². The number of aromatic amines is 1. The van der Waals surface area contributed by atoms with Crippen LogP contribution in [0.5, 0.6) is 0 Å². The van der Waals surface area contributed by atoms with Crippen molar-refractivity contribution in [2.45, 2.75) is 20.0 Å². The zero-order valence-corrected chi connectivity index (χ0v) is 13.1. The molecule has 3 aromatic rings. The van der Waals surface area contributed by atoms with Crippen LogP contribution in [0.25, 0.3) is 10.9 Å². The van der Waals surface area contributed by atoms with Gasteiger partial charge in [0.25, 0.3) is 11.5 Å². The predicted molar refractivity (Wildman–Crippen MR) is 89.9 cm³/mol. The fourth-order valence-electron chi connectivity index (χ4n) is 2.47. The molecule has 2 N–H and O–H groups in total. The molecule has 0 aliphatic heterocycles. The van der Waals surface area contributed by atoms with Crippen molar-refractivity contribution in [2.75, 3.05) is 0 Å². The van der Waals surface area contributed by atoms with Gasteiger partial charge in [0.15, 0.2) is 0 Å². The number of aromatic nitrogens is 3. The zero-order valence-electron chi connectivity index (χ0n) is 13.1. The number of carbonyl (C=O) groups is 1. The maximum Gasteiger partial charge on any atom is 0.328 e. The molecule has 2 heterocycles. The monoisotopic (exact) mass is 324 g/mol. The minimum Gasteiger partial charge on any atom is -0.348 e. The molecule has 0 fully saturated rings. The molecule has 0 aliphatic carbocycles. The van der Waals surface area contributed by atoms with Gasteiger partial charge < -0.3 is 10.3 Å². The largest absolute Gasteiger partial charge is 0.348 e. The Morgan fingerprint density at radius 1 is 1.21 bits per heavy atom. The highest BCUT2D eigenvalue weighted by molar-refractivity contribution is 5.97. The number of pyridine rings is 1. The molecule has 7 nitrogen and oxygen atoms in total. The summed E-state index contributed by atoms with van der Waals surface area (Å²) in [6.45, 7) is 2.38. The van der Waals surface area contributed by atoms with Crippen LogP contribution in [-0.4, -0.2) is 20.4 Å². The first-order chi connectivity index (χ1) is 11.6. The summed E-state index contributed by atoms with van der Waals surface area (Å²) < 4.78 is 1.12. The maximum atomic E-state index is 12.3. The summed E-state index contributed by atoms with van der Waals surface area (Å²) in [5.41, 5.74) is 0.815. The molecule has 1 amide bonds. The lowest BCUT2D eigenvalue weighted by molar-refractivity contribution is 0.0951. The van der Waals surface area contributed by atoms with E-state index < -0.39 is 5.69 Å². The summed E-state index contributed by atoms with van der Waals surface area (Å²) >= 11 is 0. The molecule has 7 heteroatoms. The summed E-state index contributed by atoms with van der Waals surface area (Å²) in [6, 6.07) is 8.27. The second-order valence-electron chi connectivity index (χ2n) is 5.28. The van der Waals surface area contributed by atoms with Crippen molar-refractivity contribution in [1.82, 2.24) is 19.9 Å². The van der Waals surface area contributed by atoms with Gasteiger partial charge in [-0.2, -0.15) is 0 Å². The first kappa shape index (κ1) is 15.7. The Morgan fingerprint density at radius 3 is 2.67 bits per heavy atom. The second-order valence-corrected chi connectivity index (χ2v) is 5.28. The van der Waals surface area contributed by atoms with Gasteiger partial charge in [0.05, 0.1) is 10.9 Å². The number of amides is 1. The molecular weight excluding hydrogens is 308 g/mol. The summed E-state index contributed by atoms with van der Waals surface area (Å²) in [7, 11) is 0. The average molecular weight is 324 g/mol. The Bertz CT molecular complexity index is 1010. The van der Waals surface area contributed by atoms with Gasteiger partial charge in [0.2, 0.25) is 0 Å². The average Bonchev–Trinajstić information content (AvgIpc) is 2.60. The second kappa shape index (κ2) is 6.49. The van der Waals surface area contributed by atoms with Crippen molar-refractivity contribution in [1.29, 1.82) is 0 Å². The van der Waals surface area contributed by atoms with Gasteiger partial charge >= 0.3 is 5.69 Å². The Hall–Kier alpha value is -3.22. The first-order valence-electron chi connectivity index (χ1n) is 7.54. The molecule has 3 rings (SSSR count). The van der Waals surface area contributed by atoms with Crippen molar-refractivity contribution in [3.8, 4) is 0 Å². The fourth-order valence-corrected chi connectivity index (χ4v) is 2.47. The molecule has 0 unspecified atom stereocenters. The van der Waals surface area contributed by atoms with Crippen LogP contribution in [0, 0.1) is 0 Å². The highest BCUT2D eigenvalue weighted by Crippen LogP contribution is 2.09. The van der Waals surface area contributed by atoms with Crippen LogP contribution in [-0.2, 0) is 13.1 Å². The van der Waals surface area contributed by atoms with E-state index in [1.165, 1.54) is 6.07 Å². The van der Waals surface area contributed by atoms with Crippen LogP contribution in [0.2, 0.25) is 0 Å². The summed E-state index contributed by atoms with van der Waals surface area (Å²) in [6.07, 6.45) is 3.31. The van der Waals surface area contributed by atoms with E-state index in [1.54, 1.807) is 31.5 Å². The van der Waals surface area contributed by atoms with Crippen LogP contribution in [0.4, 0.5) is 0 Å². The molecule has 0 bridgehead atoms. The van der Waals surface area contributed by atoms with Gasteiger partial charge in [-0.25, -0.2) is 4.79 Å². The summed E-state index contributed by atoms with van der Waals surface area (Å²) in [5, 5.41) is 3.17. The minimum atomic E-state index is -0.482. The van der Waals surface area contributed by atoms with Gasteiger partial charge in [-0.05, 0) is 42.8 Å². The lowest BCUT2D eigenvalue weighted by Gasteiger charge is -2.07. The Kier molecular flexibility index (Phi) is 4.24. The number of benzene rings is 1. The third-order valence-corrected chi connectivity index (χ3v) is 3.76. The molecule has 0 aliphatic rings. The third-order valence-electron chi connectivity index (χ3n) is 3.76. The van der Waals surface area contributed by atoms with E-state index in [9.17, 15) is 14.4 Å². The van der Waals surface area contributed by atoms with Crippen LogP contribution < -0.4 is 16.6 Å². The zero-order chi connectivity index (χ0) is 17.1. The first-order valence-corrected chi connectivity index (χ1v) is 7.54. The molecule has 0 radical (unpaired) electrons. The third kappa shape index (κ3) is 2.96. The highest BCUT2D eigenvalue weighted by atomic mass is 16.2. The Balaban J connectivity index is 1.89. The van der Waals surface area contributed by atoms with Crippen molar-refractivity contribution in [2.24, 2.45) is 0 Å². The number of nitrogens with zero attached hydrogens (tertiary/aromatic N) is 2. The minimum absolute atomic E-state index is 0.283. The van der Waals surface area contributed by atoms with Crippen molar-refractivity contribution in [3.05, 3.63) is 74.7 Å². The highest BCUT2D eigenvalue weighted by Gasteiger charge is 2.10. The van der Waals surface area contributed by atoms with E-state index in [1.807, 2.05) is 12.1 Å². The lowest BCUT2D eigenvalue weighted by Crippen LogP contribution is -2.34. The maximum absolute atomic E-state index is 12.3.